The van der Waals surface area contributed by atoms with Crippen LogP contribution < -0.4 is 15.4 Å². The van der Waals surface area contributed by atoms with Crippen molar-refractivity contribution in [3.8, 4) is 5.75 Å². The van der Waals surface area contributed by atoms with E-state index in [1.807, 2.05) is 0 Å². The first-order valence-corrected chi connectivity index (χ1v) is 9.28. The van der Waals surface area contributed by atoms with Gasteiger partial charge in [0.05, 0.1) is 5.69 Å². The third-order valence-electron chi connectivity index (χ3n) is 4.84. The average Bonchev–Trinajstić information content (AvgIpc) is 2.67. The van der Waals surface area contributed by atoms with Gasteiger partial charge in [0.1, 0.15) is 5.75 Å². The number of nitrogens with one attached hydrogen (secondary N) is 2. The lowest BCUT2D eigenvalue weighted by molar-refractivity contribution is -0.138. The van der Waals surface area contributed by atoms with E-state index in [1.165, 1.54) is 6.92 Å². The number of ether oxygens (including phenoxy) is 1. The summed E-state index contributed by atoms with van der Waals surface area (Å²) < 4.78 is 5.47. The molecule has 1 atom stereocenters. The van der Waals surface area contributed by atoms with Crippen LogP contribution >= 0.6 is 0 Å². The van der Waals surface area contributed by atoms with Crippen LogP contribution in [0.1, 0.15) is 26.7 Å². The van der Waals surface area contributed by atoms with E-state index in [0.29, 0.717) is 43.3 Å². The van der Waals surface area contributed by atoms with Gasteiger partial charge in [-0.2, -0.15) is 0 Å². The predicted octanol–water partition coefficient (Wildman–Crippen LogP) is 0.815. The molecule has 0 unspecified atom stereocenters. The van der Waals surface area contributed by atoms with Crippen molar-refractivity contribution < 1.29 is 23.9 Å². The van der Waals surface area contributed by atoms with E-state index in [0.717, 1.165) is 0 Å². The molecule has 2 heterocycles. The molecule has 0 spiro atoms. The Balaban J connectivity index is 1.47. The van der Waals surface area contributed by atoms with E-state index < -0.39 is 6.10 Å². The van der Waals surface area contributed by atoms with Crippen LogP contribution in [-0.4, -0.2) is 65.7 Å². The summed E-state index contributed by atoms with van der Waals surface area (Å²) in [6.07, 6.45) is -0.395. The van der Waals surface area contributed by atoms with Crippen LogP contribution in [-0.2, 0) is 19.2 Å². The van der Waals surface area contributed by atoms with Gasteiger partial charge in [-0.25, -0.2) is 0 Å². The smallest absolute Gasteiger partial charge is 0.265 e. The minimum absolute atomic E-state index is 0.00701. The Hall–Kier alpha value is -3.10. The minimum Gasteiger partial charge on any atom is -0.479 e. The molecule has 4 amide bonds. The first-order valence-electron chi connectivity index (χ1n) is 9.28. The highest BCUT2D eigenvalue weighted by atomic mass is 16.5. The van der Waals surface area contributed by atoms with E-state index in [9.17, 15) is 19.2 Å². The molecule has 0 aromatic heterocycles. The molecule has 2 aliphatic heterocycles. The summed E-state index contributed by atoms with van der Waals surface area (Å²) in [4.78, 5) is 50.8. The number of carbonyl (C=O) groups is 4. The largest absolute Gasteiger partial charge is 0.479 e. The zero-order valence-electron chi connectivity index (χ0n) is 16.0. The molecule has 2 N–H and O–H groups in total. The minimum atomic E-state index is -0.559. The van der Waals surface area contributed by atoms with E-state index in [4.69, 9.17) is 4.74 Å². The molecule has 1 aromatic carbocycles. The van der Waals surface area contributed by atoms with Gasteiger partial charge in [0.15, 0.2) is 6.10 Å². The van der Waals surface area contributed by atoms with Crippen LogP contribution in [0.3, 0.4) is 0 Å². The maximum absolute atomic E-state index is 12.3. The van der Waals surface area contributed by atoms with Gasteiger partial charge in [0, 0.05) is 51.6 Å². The van der Waals surface area contributed by atoms with Crippen molar-refractivity contribution in [1.82, 2.24) is 9.80 Å². The van der Waals surface area contributed by atoms with Crippen LogP contribution in [0.15, 0.2) is 18.2 Å². The Morgan fingerprint density at radius 1 is 1.14 bits per heavy atom. The number of hydrogen-bond donors (Lipinski definition) is 2. The van der Waals surface area contributed by atoms with Crippen molar-refractivity contribution >= 4 is 35.0 Å². The quantitative estimate of drug-likeness (QED) is 0.794. The number of benzene rings is 1. The highest BCUT2D eigenvalue weighted by Crippen LogP contribution is 2.32. The Labute approximate surface area is 163 Å². The summed E-state index contributed by atoms with van der Waals surface area (Å²) in [5.41, 5.74) is 1.02. The number of amides is 4. The summed E-state index contributed by atoms with van der Waals surface area (Å²) in [7, 11) is 0. The first-order chi connectivity index (χ1) is 13.3. The molecule has 0 aliphatic carbocycles. The third-order valence-corrected chi connectivity index (χ3v) is 4.84. The van der Waals surface area contributed by atoms with E-state index >= 15 is 0 Å². The van der Waals surface area contributed by atoms with Gasteiger partial charge in [0.2, 0.25) is 17.7 Å². The number of nitrogens with zero attached hydrogens (tertiary/aromatic N) is 2. The van der Waals surface area contributed by atoms with Crippen molar-refractivity contribution in [3.63, 3.8) is 0 Å². The molecular weight excluding hydrogens is 364 g/mol. The van der Waals surface area contributed by atoms with Crippen LogP contribution in [0.25, 0.3) is 0 Å². The Morgan fingerprint density at radius 2 is 1.82 bits per heavy atom. The molecular formula is C19H24N4O5. The molecule has 1 aromatic rings. The molecule has 0 bridgehead atoms. The average molecular weight is 388 g/mol. The van der Waals surface area contributed by atoms with E-state index in [1.54, 1.807) is 34.9 Å². The van der Waals surface area contributed by atoms with Gasteiger partial charge in [-0.1, -0.05) is 0 Å². The standard InChI is InChI=1S/C19H24N4O5/c1-12-19(27)21-15-11-14(3-4-16(15)28-12)20-17(25)5-6-18(26)23-9-7-22(8-10-23)13(2)24/h3-4,11-12H,5-10H2,1-2H3,(H,20,25)(H,21,27)/t12-/m1/s1. The lowest BCUT2D eigenvalue weighted by atomic mass is 10.2. The Kier molecular flexibility index (Phi) is 5.81. The molecule has 2 aliphatic rings. The lowest BCUT2D eigenvalue weighted by Crippen LogP contribution is -2.50. The first kappa shape index (κ1) is 19.7. The number of hydrogen-bond acceptors (Lipinski definition) is 5. The molecule has 0 saturated carbocycles. The number of rotatable bonds is 4. The number of carbonyl (C=O) groups excluding carboxylic acids is 4. The van der Waals surface area contributed by atoms with Gasteiger partial charge in [-0.05, 0) is 25.1 Å². The summed E-state index contributed by atoms with van der Waals surface area (Å²) in [6.45, 7) is 5.20. The Morgan fingerprint density at radius 3 is 2.50 bits per heavy atom. The fourth-order valence-corrected chi connectivity index (χ4v) is 3.16. The van der Waals surface area contributed by atoms with Gasteiger partial charge >= 0.3 is 0 Å². The summed E-state index contributed by atoms with van der Waals surface area (Å²) in [5, 5.41) is 5.45. The molecule has 1 saturated heterocycles. The summed E-state index contributed by atoms with van der Waals surface area (Å²) in [5.74, 6) is -0.0745. The van der Waals surface area contributed by atoms with Crippen molar-refractivity contribution in [2.24, 2.45) is 0 Å². The second-order valence-corrected chi connectivity index (χ2v) is 6.90. The van der Waals surface area contributed by atoms with Crippen molar-refractivity contribution in [2.45, 2.75) is 32.8 Å². The molecule has 9 nitrogen and oxygen atoms in total. The Bertz CT molecular complexity index is 802. The van der Waals surface area contributed by atoms with Crippen molar-refractivity contribution in [3.05, 3.63) is 18.2 Å². The zero-order valence-corrected chi connectivity index (χ0v) is 16.0. The zero-order chi connectivity index (χ0) is 20.3. The monoisotopic (exact) mass is 388 g/mol. The number of anilines is 2. The molecule has 3 rings (SSSR count). The van der Waals surface area contributed by atoms with Crippen LogP contribution in [0.2, 0.25) is 0 Å². The second kappa shape index (κ2) is 8.28. The van der Waals surface area contributed by atoms with Crippen molar-refractivity contribution in [2.75, 3.05) is 36.8 Å². The highest BCUT2D eigenvalue weighted by Gasteiger charge is 2.24. The van der Waals surface area contributed by atoms with Gasteiger partial charge in [-0.3, -0.25) is 19.2 Å². The normalized spacial score (nSPS) is 18.6. The fourth-order valence-electron chi connectivity index (χ4n) is 3.16. The van der Waals surface area contributed by atoms with Gasteiger partial charge in [-0.15, -0.1) is 0 Å². The fraction of sp³-hybridized carbons (Fsp3) is 0.474. The van der Waals surface area contributed by atoms with Crippen LogP contribution in [0.5, 0.6) is 5.75 Å². The molecule has 0 radical (unpaired) electrons. The number of fused-ring (bicyclic) bond motifs is 1. The second-order valence-electron chi connectivity index (χ2n) is 6.90. The third kappa shape index (κ3) is 4.59. The maximum atomic E-state index is 12.3. The highest BCUT2D eigenvalue weighted by molar-refractivity contribution is 5.99. The molecule has 150 valence electrons. The van der Waals surface area contributed by atoms with E-state index in [2.05, 4.69) is 10.6 Å². The SMILES string of the molecule is CC(=O)N1CCN(C(=O)CCC(=O)Nc2ccc3c(c2)NC(=O)[C@@H](C)O3)CC1. The lowest BCUT2D eigenvalue weighted by Gasteiger charge is -2.34. The molecule has 28 heavy (non-hydrogen) atoms. The summed E-state index contributed by atoms with van der Waals surface area (Å²) in [6, 6.07) is 4.99. The van der Waals surface area contributed by atoms with E-state index in [-0.39, 0.29) is 36.5 Å². The van der Waals surface area contributed by atoms with Crippen LogP contribution in [0, 0.1) is 0 Å². The van der Waals surface area contributed by atoms with Crippen molar-refractivity contribution in [1.29, 1.82) is 0 Å². The van der Waals surface area contributed by atoms with Crippen LogP contribution in [0.4, 0.5) is 11.4 Å². The number of piperazine rings is 1. The summed E-state index contributed by atoms with van der Waals surface area (Å²) >= 11 is 0. The molecule has 9 heteroatoms. The van der Waals surface area contributed by atoms with Gasteiger partial charge < -0.3 is 25.2 Å². The molecule has 1 fully saturated rings. The maximum Gasteiger partial charge on any atom is 0.265 e. The topological polar surface area (TPSA) is 108 Å². The van der Waals surface area contributed by atoms with Gasteiger partial charge in [0.25, 0.3) is 5.91 Å². The predicted molar refractivity (Wildman–Crippen MR) is 102 cm³/mol.